The lowest BCUT2D eigenvalue weighted by Gasteiger charge is -2.17. The molecule has 1 amide bonds. The highest BCUT2D eigenvalue weighted by atomic mass is 32.1. The zero-order chi connectivity index (χ0) is 19.8. The van der Waals surface area contributed by atoms with Crippen LogP contribution in [0.5, 0.6) is 5.75 Å². The quantitative estimate of drug-likeness (QED) is 0.570. The molecule has 4 nitrogen and oxygen atoms in total. The number of rotatable bonds is 9. The van der Waals surface area contributed by atoms with Gasteiger partial charge in [-0.2, -0.15) is 0 Å². The molecule has 0 saturated carbocycles. The molecule has 0 fully saturated rings. The Balaban J connectivity index is 1.64. The SMILES string of the molecule is CCc1csc([C@H](Cc2ccccc2)NC(=O)CCc2ccc(OC)cc2)n1. The second-order valence-corrected chi connectivity index (χ2v) is 7.58. The van der Waals surface area contributed by atoms with Crippen molar-refractivity contribution < 1.29 is 9.53 Å². The fourth-order valence-electron chi connectivity index (χ4n) is 3.01. The molecule has 0 bridgehead atoms. The van der Waals surface area contributed by atoms with Gasteiger partial charge in [-0.05, 0) is 42.5 Å². The van der Waals surface area contributed by atoms with Crippen molar-refractivity contribution in [1.82, 2.24) is 10.3 Å². The smallest absolute Gasteiger partial charge is 0.220 e. The summed E-state index contributed by atoms with van der Waals surface area (Å²) in [6, 6.07) is 18.0. The van der Waals surface area contributed by atoms with E-state index >= 15 is 0 Å². The van der Waals surface area contributed by atoms with Crippen LogP contribution in [-0.2, 0) is 24.1 Å². The van der Waals surface area contributed by atoms with Crippen molar-refractivity contribution in [3.05, 3.63) is 81.8 Å². The number of ether oxygens (including phenoxy) is 1. The molecule has 0 unspecified atom stereocenters. The van der Waals surface area contributed by atoms with Crippen molar-refractivity contribution in [1.29, 1.82) is 0 Å². The molecule has 1 heterocycles. The first-order valence-electron chi connectivity index (χ1n) is 9.58. The minimum Gasteiger partial charge on any atom is -0.497 e. The number of carbonyl (C=O) groups excluding carboxylic acids is 1. The van der Waals surface area contributed by atoms with E-state index in [2.05, 4.69) is 29.8 Å². The maximum absolute atomic E-state index is 12.6. The summed E-state index contributed by atoms with van der Waals surface area (Å²) >= 11 is 1.62. The lowest BCUT2D eigenvalue weighted by Crippen LogP contribution is -2.30. The number of amides is 1. The minimum absolute atomic E-state index is 0.0463. The molecule has 3 aromatic rings. The zero-order valence-electron chi connectivity index (χ0n) is 16.4. The van der Waals surface area contributed by atoms with E-state index in [-0.39, 0.29) is 11.9 Å². The van der Waals surface area contributed by atoms with E-state index in [1.165, 1.54) is 5.56 Å². The number of hydrogen-bond donors (Lipinski definition) is 1. The zero-order valence-corrected chi connectivity index (χ0v) is 17.2. The Morgan fingerprint density at radius 3 is 2.50 bits per heavy atom. The summed E-state index contributed by atoms with van der Waals surface area (Å²) in [7, 11) is 1.65. The van der Waals surface area contributed by atoms with Gasteiger partial charge >= 0.3 is 0 Å². The molecule has 3 rings (SSSR count). The van der Waals surface area contributed by atoms with Crippen LogP contribution in [0.15, 0.2) is 60.0 Å². The maximum Gasteiger partial charge on any atom is 0.220 e. The molecule has 0 aliphatic rings. The van der Waals surface area contributed by atoms with E-state index in [9.17, 15) is 4.79 Å². The molecule has 146 valence electrons. The van der Waals surface area contributed by atoms with Gasteiger partial charge in [-0.25, -0.2) is 4.98 Å². The van der Waals surface area contributed by atoms with E-state index in [0.717, 1.165) is 34.9 Å². The number of nitrogens with one attached hydrogen (secondary N) is 1. The van der Waals surface area contributed by atoms with Crippen molar-refractivity contribution >= 4 is 17.2 Å². The first-order valence-corrected chi connectivity index (χ1v) is 10.5. The number of nitrogens with zero attached hydrogens (tertiary/aromatic N) is 1. The molecule has 0 aliphatic carbocycles. The van der Waals surface area contributed by atoms with Crippen LogP contribution in [0.25, 0.3) is 0 Å². The Kier molecular flexibility index (Phi) is 7.20. The van der Waals surface area contributed by atoms with Gasteiger partial charge in [0.15, 0.2) is 0 Å². The van der Waals surface area contributed by atoms with Crippen molar-refractivity contribution in [2.75, 3.05) is 7.11 Å². The normalized spacial score (nSPS) is 11.8. The van der Waals surface area contributed by atoms with E-state index in [0.29, 0.717) is 12.8 Å². The molecule has 1 N–H and O–H groups in total. The van der Waals surface area contributed by atoms with Crippen LogP contribution in [-0.4, -0.2) is 18.0 Å². The number of aryl methyl sites for hydroxylation is 2. The van der Waals surface area contributed by atoms with Gasteiger partial charge in [-0.3, -0.25) is 4.79 Å². The van der Waals surface area contributed by atoms with Crippen LogP contribution in [0.4, 0.5) is 0 Å². The first kappa shape index (κ1) is 20.1. The average Bonchev–Trinajstić information content (AvgIpc) is 3.22. The summed E-state index contributed by atoms with van der Waals surface area (Å²) in [6.45, 7) is 2.10. The Bertz CT molecular complexity index is 875. The third-order valence-corrected chi connectivity index (χ3v) is 5.65. The van der Waals surface area contributed by atoms with Crippen molar-refractivity contribution in [3.8, 4) is 5.75 Å². The van der Waals surface area contributed by atoms with E-state index in [1.54, 1.807) is 18.4 Å². The number of aromatic nitrogens is 1. The molecule has 0 saturated heterocycles. The van der Waals surface area contributed by atoms with E-state index in [1.807, 2.05) is 42.5 Å². The van der Waals surface area contributed by atoms with Crippen LogP contribution >= 0.6 is 11.3 Å². The summed E-state index contributed by atoms with van der Waals surface area (Å²) in [5, 5.41) is 6.25. The third kappa shape index (κ3) is 5.67. The standard InChI is InChI=1S/C23H26N2O2S/c1-3-19-16-28-23(24-19)21(15-18-7-5-4-6-8-18)25-22(26)14-11-17-9-12-20(27-2)13-10-17/h4-10,12-13,16,21H,3,11,14-15H2,1-2H3,(H,25,26)/t21-/m0/s1. The van der Waals surface area contributed by atoms with Gasteiger partial charge in [0.2, 0.25) is 5.91 Å². The highest BCUT2D eigenvalue weighted by Crippen LogP contribution is 2.23. The summed E-state index contributed by atoms with van der Waals surface area (Å²) in [6.07, 6.45) is 2.79. The molecule has 5 heteroatoms. The minimum atomic E-state index is -0.101. The monoisotopic (exact) mass is 394 g/mol. The molecule has 0 aliphatic heterocycles. The lowest BCUT2D eigenvalue weighted by atomic mass is 10.1. The Morgan fingerprint density at radius 2 is 1.86 bits per heavy atom. The summed E-state index contributed by atoms with van der Waals surface area (Å²) in [4.78, 5) is 17.3. The van der Waals surface area contributed by atoms with Crippen molar-refractivity contribution in [2.24, 2.45) is 0 Å². The number of hydrogen-bond acceptors (Lipinski definition) is 4. The maximum atomic E-state index is 12.6. The van der Waals surface area contributed by atoms with Gasteiger partial charge in [-0.1, -0.05) is 49.4 Å². The summed E-state index contributed by atoms with van der Waals surface area (Å²) in [5.74, 6) is 0.872. The fourth-order valence-corrected chi connectivity index (χ4v) is 3.96. The molecular weight excluding hydrogens is 368 g/mol. The molecule has 28 heavy (non-hydrogen) atoms. The van der Waals surface area contributed by atoms with Gasteiger partial charge in [0.1, 0.15) is 10.8 Å². The van der Waals surface area contributed by atoms with Gasteiger partial charge < -0.3 is 10.1 Å². The van der Waals surface area contributed by atoms with E-state index < -0.39 is 0 Å². The first-order chi connectivity index (χ1) is 13.7. The third-order valence-electron chi connectivity index (χ3n) is 4.65. The van der Waals surface area contributed by atoms with Crippen LogP contribution < -0.4 is 10.1 Å². The van der Waals surface area contributed by atoms with Crippen molar-refractivity contribution in [2.45, 2.75) is 38.6 Å². The second-order valence-electron chi connectivity index (χ2n) is 6.69. The predicted molar refractivity (Wildman–Crippen MR) is 114 cm³/mol. The molecule has 1 atom stereocenters. The summed E-state index contributed by atoms with van der Waals surface area (Å²) in [5.41, 5.74) is 3.39. The molecular formula is C23H26N2O2S. The number of methoxy groups -OCH3 is 1. The van der Waals surface area contributed by atoms with Gasteiger partial charge in [0.05, 0.1) is 18.8 Å². The van der Waals surface area contributed by atoms with Crippen LogP contribution in [0.1, 0.15) is 41.2 Å². The van der Waals surface area contributed by atoms with Crippen LogP contribution in [0.2, 0.25) is 0 Å². The average molecular weight is 395 g/mol. The van der Waals surface area contributed by atoms with E-state index in [4.69, 9.17) is 9.72 Å². The highest BCUT2D eigenvalue weighted by Gasteiger charge is 2.18. The highest BCUT2D eigenvalue weighted by molar-refractivity contribution is 7.09. The van der Waals surface area contributed by atoms with Crippen LogP contribution in [0, 0.1) is 0 Å². The molecule has 0 spiro atoms. The van der Waals surface area contributed by atoms with Crippen LogP contribution in [0.3, 0.4) is 0 Å². The molecule has 0 radical (unpaired) electrons. The number of thiazole rings is 1. The molecule has 1 aromatic heterocycles. The van der Waals surface area contributed by atoms with Gasteiger partial charge in [-0.15, -0.1) is 11.3 Å². The number of carbonyl (C=O) groups is 1. The Hall–Kier alpha value is -2.66. The summed E-state index contributed by atoms with van der Waals surface area (Å²) < 4.78 is 5.18. The number of benzene rings is 2. The fraction of sp³-hybridized carbons (Fsp3) is 0.304. The van der Waals surface area contributed by atoms with Gasteiger partial charge in [0, 0.05) is 11.8 Å². The Labute approximate surface area is 170 Å². The topological polar surface area (TPSA) is 51.2 Å². The second kappa shape index (κ2) is 10.0. The Morgan fingerprint density at radius 1 is 1.11 bits per heavy atom. The lowest BCUT2D eigenvalue weighted by molar-refractivity contribution is -0.121. The van der Waals surface area contributed by atoms with Gasteiger partial charge in [0.25, 0.3) is 0 Å². The molecule has 2 aromatic carbocycles. The largest absolute Gasteiger partial charge is 0.497 e. The van der Waals surface area contributed by atoms with Crippen molar-refractivity contribution in [3.63, 3.8) is 0 Å². The predicted octanol–water partition coefficient (Wildman–Crippen LogP) is 4.75.